The van der Waals surface area contributed by atoms with Gasteiger partial charge in [0.2, 0.25) is 5.91 Å². The minimum Gasteiger partial charge on any atom is -0.481 e. The molecule has 2 rings (SSSR count). The SMILES string of the molecule is CNC1COCC1C(=O)NC1CCCC(C(=O)O)C1. The van der Waals surface area contributed by atoms with Crippen LogP contribution in [0.25, 0.3) is 0 Å². The molecule has 4 atom stereocenters. The maximum Gasteiger partial charge on any atom is 0.306 e. The Balaban J connectivity index is 1.86. The van der Waals surface area contributed by atoms with Gasteiger partial charge in [-0.15, -0.1) is 0 Å². The van der Waals surface area contributed by atoms with E-state index in [0.29, 0.717) is 26.1 Å². The number of carboxylic acid groups (broad SMARTS) is 1. The molecule has 1 saturated heterocycles. The number of carbonyl (C=O) groups excluding carboxylic acids is 1. The highest BCUT2D eigenvalue weighted by Gasteiger charge is 2.35. The summed E-state index contributed by atoms with van der Waals surface area (Å²) in [6.45, 7) is 0.990. The second kappa shape index (κ2) is 6.34. The van der Waals surface area contributed by atoms with Crippen molar-refractivity contribution in [1.82, 2.24) is 10.6 Å². The quantitative estimate of drug-likeness (QED) is 0.668. The Labute approximate surface area is 112 Å². The number of carbonyl (C=O) groups is 2. The predicted octanol–water partition coefficient (Wildman–Crippen LogP) is -0.0196. The van der Waals surface area contributed by atoms with Gasteiger partial charge in [0.1, 0.15) is 0 Å². The zero-order valence-electron chi connectivity index (χ0n) is 11.2. The second-order valence-electron chi connectivity index (χ2n) is 5.45. The summed E-state index contributed by atoms with van der Waals surface area (Å²) in [6.07, 6.45) is 2.98. The number of nitrogens with one attached hydrogen (secondary N) is 2. The van der Waals surface area contributed by atoms with Gasteiger partial charge in [-0.25, -0.2) is 0 Å². The van der Waals surface area contributed by atoms with Crippen molar-refractivity contribution in [3.05, 3.63) is 0 Å². The fourth-order valence-electron chi connectivity index (χ4n) is 2.95. The lowest BCUT2D eigenvalue weighted by atomic mass is 9.85. The third kappa shape index (κ3) is 3.45. The van der Waals surface area contributed by atoms with Crippen LogP contribution in [0, 0.1) is 11.8 Å². The second-order valence-corrected chi connectivity index (χ2v) is 5.45. The van der Waals surface area contributed by atoms with Gasteiger partial charge in [-0.2, -0.15) is 0 Å². The van der Waals surface area contributed by atoms with Crippen LogP contribution in [0.1, 0.15) is 25.7 Å². The molecule has 108 valence electrons. The number of hydrogen-bond donors (Lipinski definition) is 3. The molecule has 0 aromatic heterocycles. The molecule has 1 amide bonds. The Morgan fingerprint density at radius 1 is 1.26 bits per heavy atom. The van der Waals surface area contributed by atoms with Gasteiger partial charge in [-0.05, 0) is 26.3 Å². The molecule has 0 spiro atoms. The normalized spacial score (nSPS) is 35.0. The maximum atomic E-state index is 12.2. The van der Waals surface area contributed by atoms with Crippen molar-refractivity contribution in [2.24, 2.45) is 11.8 Å². The Morgan fingerprint density at radius 2 is 2.05 bits per heavy atom. The Kier molecular flexibility index (Phi) is 4.76. The molecule has 4 unspecified atom stereocenters. The number of carboxylic acids is 1. The van der Waals surface area contributed by atoms with Crippen LogP contribution in [0.4, 0.5) is 0 Å². The van der Waals surface area contributed by atoms with E-state index in [4.69, 9.17) is 9.84 Å². The molecule has 2 aliphatic rings. The summed E-state index contributed by atoms with van der Waals surface area (Å²) in [4.78, 5) is 23.2. The molecule has 1 aliphatic carbocycles. The molecular weight excluding hydrogens is 248 g/mol. The average molecular weight is 270 g/mol. The maximum absolute atomic E-state index is 12.2. The Morgan fingerprint density at radius 3 is 2.74 bits per heavy atom. The lowest BCUT2D eigenvalue weighted by Crippen LogP contribution is -2.47. The first-order valence-corrected chi connectivity index (χ1v) is 6.90. The predicted molar refractivity (Wildman–Crippen MR) is 68.7 cm³/mol. The minimum atomic E-state index is -0.753. The van der Waals surface area contributed by atoms with E-state index in [1.54, 1.807) is 0 Å². The fourth-order valence-corrected chi connectivity index (χ4v) is 2.95. The first kappa shape index (κ1) is 14.3. The van der Waals surface area contributed by atoms with Crippen molar-refractivity contribution in [2.45, 2.75) is 37.8 Å². The van der Waals surface area contributed by atoms with Crippen LogP contribution in [0.2, 0.25) is 0 Å². The molecule has 0 radical (unpaired) electrons. The summed E-state index contributed by atoms with van der Waals surface area (Å²) in [5.41, 5.74) is 0. The van der Waals surface area contributed by atoms with Gasteiger partial charge in [0.25, 0.3) is 0 Å². The van der Waals surface area contributed by atoms with Crippen LogP contribution in [0.3, 0.4) is 0 Å². The van der Waals surface area contributed by atoms with Crippen molar-refractivity contribution in [1.29, 1.82) is 0 Å². The van der Waals surface area contributed by atoms with Crippen LogP contribution < -0.4 is 10.6 Å². The van der Waals surface area contributed by atoms with Crippen molar-refractivity contribution >= 4 is 11.9 Å². The van der Waals surface area contributed by atoms with Crippen molar-refractivity contribution in [3.63, 3.8) is 0 Å². The van der Waals surface area contributed by atoms with E-state index in [1.165, 1.54) is 0 Å². The minimum absolute atomic E-state index is 0.0135. The molecule has 6 nitrogen and oxygen atoms in total. The highest BCUT2D eigenvalue weighted by atomic mass is 16.5. The number of rotatable bonds is 4. The van der Waals surface area contributed by atoms with Crippen LogP contribution in [0.5, 0.6) is 0 Å². The smallest absolute Gasteiger partial charge is 0.306 e. The first-order chi connectivity index (χ1) is 9.11. The van der Waals surface area contributed by atoms with Gasteiger partial charge >= 0.3 is 5.97 Å². The van der Waals surface area contributed by atoms with E-state index < -0.39 is 5.97 Å². The van der Waals surface area contributed by atoms with Crippen molar-refractivity contribution < 1.29 is 19.4 Å². The van der Waals surface area contributed by atoms with Gasteiger partial charge in [0.05, 0.1) is 25.0 Å². The van der Waals surface area contributed by atoms with E-state index in [2.05, 4.69) is 10.6 Å². The molecule has 0 aromatic rings. The van der Waals surface area contributed by atoms with Crippen molar-refractivity contribution in [3.8, 4) is 0 Å². The average Bonchev–Trinajstić information content (AvgIpc) is 2.87. The van der Waals surface area contributed by atoms with E-state index in [0.717, 1.165) is 12.8 Å². The largest absolute Gasteiger partial charge is 0.481 e. The van der Waals surface area contributed by atoms with Crippen LogP contribution in [-0.4, -0.2) is 49.3 Å². The van der Waals surface area contributed by atoms with E-state index in [-0.39, 0.29) is 29.8 Å². The Hall–Kier alpha value is -1.14. The topological polar surface area (TPSA) is 87.7 Å². The van der Waals surface area contributed by atoms with E-state index in [9.17, 15) is 9.59 Å². The monoisotopic (exact) mass is 270 g/mol. The summed E-state index contributed by atoms with van der Waals surface area (Å²) in [6, 6.07) is 0.0410. The molecule has 0 aromatic carbocycles. The third-order valence-electron chi connectivity index (χ3n) is 4.16. The number of aliphatic carboxylic acids is 1. The van der Waals surface area contributed by atoms with E-state index >= 15 is 0 Å². The molecule has 6 heteroatoms. The molecule has 1 heterocycles. The number of hydrogen-bond acceptors (Lipinski definition) is 4. The van der Waals surface area contributed by atoms with Gasteiger partial charge in [-0.3, -0.25) is 9.59 Å². The van der Waals surface area contributed by atoms with Gasteiger partial charge in [-0.1, -0.05) is 6.42 Å². The van der Waals surface area contributed by atoms with Gasteiger partial charge in [0, 0.05) is 12.1 Å². The first-order valence-electron chi connectivity index (χ1n) is 6.90. The summed E-state index contributed by atoms with van der Waals surface area (Å²) < 4.78 is 5.31. The zero-order valence-corrected chi connectivity index (χ0v) is 11.2. The lowest BCUT2D eigenvalue weighted by Gasteiger charge is -2.29. The molecule has 0 bridgehead atoms. The summed E-state index contributed by atoms with van der Waals surface area (Å²) in [7, 11) is 1.82. The van der Waals surface area contributed by atoms with Crippen LogP contribution >= 0.6 is 0 Å². The summed E-state index contributed by atoms with van der Waals surface area (Å²) in [5.74, 6) is -1.27. The molecule has 2 fully saturated rings. The van der Waals surface area contributed by atoms with Gasteiger partial charge in [0.15, 0.2) is 0 Å². The number of likely N-dealkylation sites (N-methyl/N-ethyl adjacent to an activating group) is 1. The Bertz CT molecular complexity index is 348. The molecule has 1 aliphatic heterocycles. The third-order valence-corrected chi connectivity index (χ3v) is 4.16. The fraction of sp³-hybridized carbons (Fsp3) is 0.846. The van der Waals surface area contributed by atoms with E-state index in [1.807, 2.05) is 7.05 Å². The zero-order chi connectivity index (χ0) is 13.8. The summed E-state index contributed by atoms with van der Waals surface area (Å²) >= 11 is 0. The summed E-state index contributed by atoms with van der Waals surface area (Å²) in [5, 5.41) is 15.1. The molecule has 19 heavy (non-hydrogen) atoms. The highest BCUT2D eigenvalue weighted by Crippen LogP contribution is 2.25. The standard InChI is InChI=1S/C13H22N2O4/c1-14-11-7-19-6-10(11)12(16)15-9-4-2-3-8(5-9)13(17)18/h8-11,14H,2-7H2,1H3,(H,15,16)(H,17,18). The van der Waals surface area contributed by atoms with Crippen molar-refractivity contribution in [2.75, 3.05) is 20.3 Å². The van der Waals surface area contributed by atoms with Crippen LogP contribution in [-0.2, 0) is 14.3 Å². The highest BCUT2D eigenvalue weighted by molar-refractivity contribution is 5.80. The number of amides is 1. The lowest BCUT2D eigenvalue weighted by molar-refractivity contribution is -0.143. The van der Waals surface area contributed by atoms with Gasteiger partial charge < -0.3 is 20.5 Å². The molecule has 3 N–H and O–H groups in total. The number of ether oxygens (including phenoxy) is 1. The molecule has 1 saturated carbocycles. The van der Waals surface area contributed by atoms with Crippen LogP contribution in [0.15, 0.2) is 0 Å². The molecular formula is C13H22N2O4.